The second kappa shape index (κ2) is 8.23. The van der Waals surface area contributed by atoms with Crippen molar-refractivity contribution >= 4 is 12.0 Å². The number of carbonyl (C=O) groups excluding carboxylic acids is 1. The van der Waals surface area contributed by atoms with E-state index < -0.39 is 52.0 Å². The number of benzene rings is 2. The van der Waals surface area contributed by atoms with E-state index in [1.807, 2.05) is 0 Å². The van der Waals surface area contributed by atoms with Crippen LogP contribution in [0.4, 0.5) is 17.6 Å². The van der Waals surface area contributed by atoms with Crippen LogP contribution >= 0.6 is 0 Å². The summed E-state index contributed by atoms with van der Waals surface area (Å²) in [6.07, 6.45) is 1.65. The molecule has 1 aromatic heterocycles. The van der Waals surface area contributed by atoms with Crippen LogP contribution < -0.4 is 5.48 Å². The number of hydrogen-bond donors (Lipinski definition) is 2. The van der Waals surface area contributed by atoms with Gasteiger partial charge in [0.2, 0.25) is 0 Å². The number of H-pyrrole nitrogens is 1. The van der Waals surface area contributed by atoms with Gasteiger partial charge < -0.3 is 4.98 Å². The van der Waals surface area contributed by atoms with E-state index in [0.717, 1.165) is 5.57 Å². The van der Waals surface area contributed by atoms with Gasteiger partial charge in [-0.15, -0.1) is 0 Å². The number of nitrogens with one attached hydrogen (secondary N) is 2. The number of amides is 1. The lowest BCUT2D eigenvalue weighted by Gasteiger charge is -2.26. The van der Waals surface area contributed by atoms with E-state index in [4.69, 9.17) is 4.84 Å². The molecule has 0 fully saturated rings. The predicted octanol–water partition coefficient (Wildman–Crippen LogP) is 5.11. The van der Waals surface area contributed by atoms with Gasteiger partial charge in [-0.3, -0.25) is 9.63 Å². The monoisotopic (exact) mass is 445 g/mol. The van der Waals surface area contributed by atoms with Gasteiger partial charge in [0.25, 0.3) is 5.91 Å². The summed E-state index contributed by atoms with van der Waals surface area (Å²) in [7, 11) is 1.28. The van der Waals surface area contributed by atoms with Crippen molar-refractivity contribution in [2.24, 2.45) is 5.92 Å². The van der Waals surface area contributed by atoms with Crippen LogP contribution in [0.1, 0.15) is 31.2 Å². The second-order valence-electron chi connectivity index (χ2n) is 7.58. The number of hydroxylamine groups is 1. The first kappa shape index (κ1) is 21.8. The molecule has 4 rings (SSSR count). The topological polar surface area (TPSA) is 67.0 Å². The van der Waals surface area contributed by atoms with Gasteiger partial charge in [-0.2, -0.15) is 0 Å². The summed E-state index contributed by atoms with van der Waals surface area (Å²) in [6.45, 7) is 3.58. The van der Waals surface area contributed by atoms with Gasteiger partial charge in [-0.05, 0) is 24.5 Å². The summed E-state index contributed by atoms with van der Waals surface area (Å²) in [5, 5.41) is 0. The lowest BCUT2D eigenvalue weighted by molar-refractivity contribution is -0.133. The molecule has 32 heavy (non-hydrogen) atoms. The molecule has 0 radical (unpaired) electrons. The van der Waals surface area contributed by atoms with E-state index in [9.17, 15) is 13.6 Å². The molecule has 0 spiro atoms. The first-order valence-electron chi connectivity index (χ1n) is 9.78. The van der Waals surface area contributed by atoms with Crippen LogP contribution in [0.2, 0.25) is 0 Å². The standard InChI is InChI=1S/C23H19F4N3O2/c1-10-9-13-21(14(11(10)2)23(31)30-32-3)29-22(28-13)16-19(26)17(24)15(18(25)20(16)27)12-7-5-4-6-8-12/h4-9,11,14H,1-3H3,(H,28,29)(H,30,31). The van der Waals surface area contributed by atoms with Crippen molar-refractivity contribution < 1.29 is 27.2 Å². The Morgan fingerprint density at radius 3 is 2.22 bits per heavy atom. The molecular weight excluding hydrogens is 426 g/mol. The molecule has 2 aromatic carbocycles. The van der Waals surface area contributed by atoms with Gasteiger partial charge in [0.15, 0.2) is 23.3 Å². The van der Waals surface area contributed by atoms with Gasteiger partial charge in [0.05, 0.1) is 35.5 Å². The highest BCUT2D eigenvalue weighted by atomic mass is 19.2. The zero-order valence-electron chi connectivity index (χ0n) is 17.4. The van der Waals surface area contributed by atoms with Crippen molar-refractivity contribution in [1.29, 1.82) is 0 Å². The summed E-state index contributed by atoms with van der Waals surface area (Å²) in [6, 6.07) is 7.30. The Kier molecular flexibility index (Phi) is 5.60. The molecular formula is C23H19F4N3O2. The Morgan fingerprint density at radius 2 is 1.62 bits per heavy atom. The van der Waals surface area contributed by atoms with Crippen molar-refractivity contribution in [3.05, 3.63) is 70.6 Å². The maximum atomic E-state index is 15.0. The first-order valence-corrected chi connectivity index (χ1v) is 9.78. The zero-order chi connectivity index (χ0) is 23.2. The van der Waals surface area contributed by atoms with Crippen molar-refractivity contribution in [3.63, 3.8) is 0 Å². The number of allylic oxidation sites excluding steroid dienone is 1. The lowest BCUT2D eigenvalue weighted by atomic mass is 9.80. The molecule has 2 N–H and O–H groups in total. The number of aromatic nitrogens is 2. The van der Waals surface area contributed by atoms with E-state index in [2.05, 4.69) is 15.4 Å². The molecule has 0 aliphatic heterocycles. The average Bonchev–Trinajstić information content (AvgIpc) is 3.17. The highest BCUT2D eigenvalue weighted by molar-refractivity contribution is 5.86. The minimum Gasteiger partial charge on any atom is -0.340 e. The Hall–Kier alpha value is -3.46. The van der Waals surface area contributed by atoms with Gasteiger partial charge in [0, 0.05) is 0 Å². The van der Waals surface area contributed by atoms with E-state index in [1.165, 1.54) is 31.4 Å². The van der Waals surface area contributed by atoms with Gasteiger partial charge in [0.1, 0.15) is 5.82 Å². The molecule has 0 bridgehead atoms. The molecule has 0 saturated heterocycles. The predicted molar refractivity (Wildman–Crippen MR) is 110 cm³/mol. The number of hydrogen-bond acceptors (Lipinski definition) is 3. The number of carbonyl (C=O) groups is 1. The second-order valence-corrected chi connectivity index (χ2v) is 7.58. The van der Waals surface area contributed by atoms with Crippen LogP contribution in [-0.2, 0) is 9.63 Å². The number of rotatable bonds is 4. The van der Waals surface area contributed by atoms with Crippen LogP contribution in [0.25, 0.3) is 28.6 Å². The van der Waals surface area contributed by atoms with Crippen molar-refractivity contribution in [1.82, 2.24) is 15.4 Å². The summed E-state index contributed by atoms with van der Waals surface area (Å²) in [4.78, 5) is 24.1. The molecule has 166 valence electrons. The summed E-state index contributed by atoms with van der Waals surface area (Å²) in [5.41, 5.74) is 1.77. The van der Waals surface area contributed by atoms with Crippen molar-refractivity contribution in [3.8, 4) is 22.5 Å². The Bertz CT molecular complexity index is 1210. The summed E-state index contributed by atoms with van der Waals surface area (Å²) < 4.78 is 59.8. The minimum absolute atomic E-state index is 0.00530. The van der Waals surface area contributed by atoms with Crippen LogP contribution in [0.5, 0.6) is 0 Å². The quantitative estimate of drug-likeness (QED) is 0.333. The molecule has 3 aromatic rings. The summed E-state index contributed by atoms with van der Waals surface area (Å²) in [5.74, 6) is -8.24. The number of aromatic amines is 1. The first-order chi connectivity index (χ1) is 15.3. The van der Waals surface area contributed by atoms with Crippen LogP contribution in [0.3, 0.4) is 0 Å². The lowest BCUT2D eigenvalue weighted by Crippen LogP contribution is -2.34. The fourth-order valence-corrected chi connectivity index (χ4v) is 3.95. The average molecular weight is 445 g/mol. The largest absolute Gasteiger partial charge is 0.340 e. The molecule has 2 unspecified atom stereocenters. The molecule has 2 atom stereocenters. The fourth-order valence-electron chi connectivity index (χ4n) is 3.95. The Morgan fingerprint density at radius 1 is 1.03 bits per heavy atom. The molecule has 1 aliphatic carbocycles. The van der Waals surface area contributed by atoms with Crippen LogP contribution in [0, 0.1) is 29.2 Å². The zero-order valence-corrected chi connectivity index (χ0v) is 17.4. The van der Waals surface area contributed by atoms with Crippen molar-refractivity contribution in [2.75, 3.05) is 7.11 Å². The molecule has 1 amide bonds. The summed E-state index contributed by atoms with van der Waals surface area (Å²) >= 11 is 0. The third-order valence-electron chi connectivity index (χ3n) is 5.70. The van der Waals surface area contributed by atoms with Gasteiger partial charge in [-0.25, -0.2) is 28.0 Å². The van der Waals surface area contributed by atoms with Crippen LogP contribution in [-0.4, -0.2) is 23.0 Å². The van der Waals surface area contributed by atoms with E-state index in [0.29, 0.717) is 0 Å². The van der Waals surface area contributed by atoms with E-state index in [1.54, 1.807) is 26.0 Å². The fraction of sp³-hybridized carbons (Fsp3) is 0.217. The maximum absolute atomic E-state index is 15.0. The molecule has 9 heteroatoms. The smallest absolute Gasteiger partial charge is 0.253 e. The molecule has 1 heterocycles. The van der Waals surface area contributed by atoms with Gasteiger partial charge >= 0.3 is 0 Å². The highest BCUT2D eigenvalue weighted by Gasteiger charge is 2.37. The maximum Gasteiger partial charge on any atom is 0.253 e. The highest BCUT2D eigenvalue weighted by Crippen LogP contribution is 2.41. The minimum atomic E-state index is -1.58. The number of halogens is 4. The molecule has 5 nitrogen and oxygen atoms in total. The SMILES string of the molecule is CONC(=O)C1c2[nH]c(-c3c(F)c(F)c(-c4ccccc4)c(F)c3F)nc2C=C(C)C1C. The number of nitrogens with zero attached hydrogens (tertiary/aromatic N) is 1. The van der Waals surface area contributed by atoms with Crippen molar-refractivity contribution in [2.45, 2.75) is 19.8 Å². The van der Waals surface area contributed by atoms with Crippen LogP contribution in [0.15, 0.2) is 35.9 Å². The normalized spacial score (nSPS) is 17.7. The molecule has 1 aliphatic rings. The van der Waals surface area contributed by atoms with E-state index in [-0.39, 0.29) is 22.9 Å². The molecule has 0 saturated carbocycles. The number of imidazole rings is 1. The Labute approximate surface area is 181 Å². The van der Waals surface area contributed by atoms with Gasteiger partial charge in [-0.1, -0.05) is 42.8 Å². The third-order valence-corrected chi connectivity index (χ3v) is 5.70. The number of fused-ring (bicyclic) bond motifs is 1. The third kappa shape index (κ3) is 3.38. The van der Waals surface area contributed by atoms with E-state index >= 15 is 8.78 Å². The Balaban J connectivity index is 1.89.